The molecule has 4 aromatic heterocycles. The van der Waals surface area contributed by atoms with Gasteiger partial charge in [-0.25, -0.2) is 9.59 Å². The second-order valence-corrected chi connectivity index (χ2v) is 23.5. The van der Waals surface area contributed by atoms with Crippen molar-refractivity contribution in [2.24, 2.45) is 0 Å². The van der Waals surface area contributed by atoms with Gasteiger partial charge in [0.15, 0.2) is 0 Å². The molecule has 8 rings (SSSR count). The van der Waals surface area contributed by atoms with E-state index in [1.54, 1.807) is 21.5 Å². The van der Waals surface area contributed by atoms with Gasteiger partial charge in [0, 0.05) is 42.7 Å². The number of H-pyrrole nitrogens is 4. The van der Waals surface area contributed by atoms with Crippen LogP contribution in [0.15, 0.2) is 117 Å². The van der Waals surface area contributed by atoms with Crippen molar-refractivity contribution in [1.29, 1.82) is 0 Å². The summed E-state index contributed by atoms with van der Waals surface area (Å²) in [4.78, 5) is 58.5. The predicted molar refractivity (Wildman–Crippen MR) is 307 cm³/mol. The molecule has 383 valence electrons. The van der Waals surface area contributed by atoms with E-state index in [9.17, 15) is 19.2 Å². The summed E-state index contributed by atoms with van der Waals surface area (Å²) in [7, 11) is 0. The molecule has 0 saturated carbocycles. The molecule has 0 bridgehead atoms. The van der Waals surface area contributed by atoms with Crippen molar-refractivity contribution in [1.82, 2.24) is 29.1 Å². The molecule has 10 nitrogen and oxygen atoms in total. The van der Waals surface area contributed by atoms with Crippen molar-refractivity contribution in [3.63, 3.8) is 0 Å². The van der Waals surface area contributed by atoms with Crippen LogP contribution in [-0.4, -0.2) is 37.5 Å². The van der Waals surface area contributed by atoms with Gasteiger partial charge in [-0.2, -0.15) is 0 Å². The molecule has 0 atom stereocenters. The van der Waals surface area contributed by atoms with Gasteiger partial charge in [0.2, 0.25) is 0 Å². The number of pyridine rings is 2. The SMILES string of the molecule is CC.CC.CC(C)(C)c1cc2cc[nH]c(=O)c2cc1C(C)(C)C.CC(C)(C)c1cc2cc[nH]c(=O)c2cc1C(C)(C)C.CC(C)(C)n1c(=O)[nH]c2ccccc21.CC(C)(C)n1c(=O)[nH]c2ccccc21.[B]. The fourth-order valence-corrected chi connectivity index (χ4v) is 8.40. The molecule has 0 spiro atoms. The third-order valence-corrected chi connectivity index (χ3v) is 11.6. The lowest BCUT2D eigenvalue weighted by molar-refractivity contribution is 0.397. The van der Waals surface area contributed by atoms with E-state index in [0.717, 1.165) is 43.6 Å². The maximum Gasteiger partial charge on any atom is 0.326 e. The van der Waals surface area contributed by atoms with Crippen LogP contribution in [0.2, 0.25) is 0 Å². The molecular weight excluding hydrogens is 880 g/mol. The number of para-hydroxylation sites is 4. The topological polar surface area (TPSA) is 141 Å². The summed E-state index contributed by atoms with van der Waals surface area (Å²) in [5.74, 6) is 0. The molecule has 0 fully saturated rings. The van der Waals surface area contributed by atoms with E-state index in [-0.39, 0.29) is 63.6 Å². The summed E-state index contributed by atoms with van der Waals surface area (Å²) < 4.78 is 3.56. The molecule has 0 unspecified atom stereocenters. The average Bonchev–Trinajstić information content (AvgIpc) is 3.79. The lowest BCUT2D eigenvalue weighted by Gasteiger charge is -2.30. The lowest BCUT2D eigenvalue weighted by atomic mass is 9.74. The van der Waals surface area contributed by atoms with Crippen LogP contribution in [0.4, 0.5) is 0 Å². The minimum Gasteiger partial charge on any atom is -0.329 e. The van der Waals surface area contributed by atoms with Crippen molar-refractivity contribution in [3.05, 3.63) is 161 Å². The van der Waals surface area contributed by atoms with Crippen molar-refractivity contribution in [3.8, 4) is 0 Å². The molecule has 11 heteroatoms. The summed E-state index contributed by atoms with van der Waals surface area (Å²) in [6.07, 6.45) is 3.43. The highest BCUT2D eigenvalue weighted by Gasteiger charge is 2.27. The number of nitrogens with zero attached hydrogens (tertiary/aromatic N) is 2. The van der Waals surface area contributed by atoms with Crippen LogP contribution in [0, 0.1) is 0 Å². The summed E-state index contributed by atoms with van der Waals surface area (Å²) in [5, 5.41) is 3.59. The Kier molecular flexibility index (Phi) is 20.1. The van der Waals surface area contributed by atoms with Crippen molar-refractivity contribution in [2.45, 2.75) is 185 Å². The number of hydrogen-bond donors (Lipinski definition) is 4. The van der Waals surface area contributed by atoms with Gasteiger partial charge in [-0.3, -0.25) is 18.7 Å². The molecule has 0 aliphatic carbocycles. The number of aromatic amines is 4. The zero-order chi connectivity index (χ0) is 53.5. The van der Waals surface area contributed by atoms with Crippen LogP contribution in [0.1, 0.15) is 175 Å². The number of rotatable bonds is 0. The van der Waals surface area contributed by atoms with Gasteiger partial charge in [0.05, 0.1) is 22.1 Å². The van der Waals surface area contributed by atoms with Gasteiger partial charge in [-0.05, 0) is 145 Å². The summed E-state index contributed by atoms with van der Waals surface area (Å²) >= 11 is 0. The Balaban J connectivity index is 0.000000318. The number of benzene rings is 4. The fraction of sp³-hybridized carbons (Fsp3) is 0.467. The molecule has 0 aliphatic heterocycles. The Morgan fingerprint density at radius 3 is 0.915 bits per heavy atom. The van der Waals surface area contributed by atoms with Gasteiger partial charge in [0.25, 0.3) is 11.1 Å². The van der Waals surface area contributed by atoms with Crippen LogP contribution in [-0.2, 0) is 32.7 Å². The van der Waals surface area contributed by atoms with Gasteiger partial charge in [-0.1, -0.05) is 147 Å². The first-order valence-corrected chi connectivity index (χ1v) is 24.9. The number of imidazole rings is 2. The zero-order valence-electron chi connectivity index (χ0n) is 47.3. The highest BCUT2D eigenvalue weighted by Crippen LogP contribution is 2.37. The smallest absolute Gasteiger partial charge is 0.326 e. The molecule has 0 amide bonds. The van der Waals surface area contributed by atoms with Crippen LogP contribution in [0.3, 0.4) is 0 Å². The van der Waals surface area contributed by atoms with E-state index in [0.29, 0.717) is 0 Å². The Morgan fingerprint density at radius 2 is 0.648 bits per heavy atom. The van der Waals surface area contributed by atoms with Crippen molar-refractivity contribution >= 4 is 52.0 Å². The van der Waals surface area contributed by atoms with E-state index >= 15 is 0 Å². The molecule has 71 heavy (non-hydrogen) atoms. The van der Waals surface area contributed by atoms with E-state index in [1.807, 2.05) is 130 Å². The summed E-state index contributed by atoms with van der Waals surface area (Å²) in [5.41, 5.74) is 8.58. The minimum atomic E-state index is -0.184. The second kappa shape index (κ2) is 23.4. The molecule has 8 aromatic rings. The van der Waals surface area contributed by atoms with Crippen LogP contribution < -0.4 is 22.5 Å². The maximum atomic E-state index is 12.0. The van der Waals surface area contributed by atoms with Crippen molar-refractivity contribution in [2.75, 3.05) is 0 Å². The average molecular weight is 966 g/mol. The van der Waals surface area contributed by atoms with Crippen LogP contribution >= 0.6 is 0 Å². The van der Waals surface area contributed by atoms with E-state index in [1.165, 1.54) is 22.3 Å². The summed E-state index contributed by atoms with van der Waals surface area (Å²) in [6, 6.07) is 27.9. The van der Waals surface area contributed by atoms with E-state index in [4.69, 9.17) is 0 Å². The van der Waals surface area contributed by atoms with Gasteiger partial charge < -0.3 is 19.9 Å². The predicted octanol–water partition coefficient (Wildman–Crippen LogP) is 14.1. The standard InChI is InChI=1S/2C17H23NO.2C11H14N2O.2C2H6.B/c2*1-16(2,3)13-9-11-7-8-18-15(19)12(11)10-14(13)17(4,5)6;2*1-11(2,3)13-9-7-5-4-6-8(9)12-10(13)14;2*1-2;/h2*7-10H,1-6H3,(H,18,19);2*4-7H,1-3H3,(H,12,14);2*1-2H3;. The third-order valence-electron chi connectivity index (χ3n) is 11.6. The first-order valence-electron chi connectivity index (χ1n) is 24.9. The Morgan fingerprint density at radius 1 is 0.380 bits per heavy atom. The van der Waals surface area contributed by atoms with Crippen LogP contribution in [0.25, 0.3) is 43.6 Å². The zero-order valence-corrected chi connectivity index (χ0v) is 47.3. The first kappa shape index (κ1) is 61.0. The van der Waals surface area contributed by atoms with Gasteiger partial charge in [0.1, 0.15) is 0 Å². The Labute approximate surface area is 425 Å². The molecule has 0 aliphatic rings. The number of hydrogen-bond acceptors (Lipinski definition) is 4. The summed E-state index contributed by atoms with van der Waals surface area (Å²) in [6.45, 7) is 46.6. The second-order valence-electron chi connectivity index (χ2n) is 23.5. The Bertz CT molecular complexity index is 3020. The van der Waals surface area contributed by atoms with Crippen molar-refractivity contribution < 1.29 is 0 Å². The van der Waals surface area contributed by atoms with Gasteiger partial charge >= 0.3 is 11.4 Å². The van der Waals surface area contributed by atoms with E-state index in [2.05, 4.69) is 127 Å². The minimum absolute atomic E-state index is 0. The monoisotopic (exact) mass is 966 g/mol. The van der Waals surface area contributed by atoms with E-state index < -0.39 is 0 Å². The molecule has 4 aromatic carbocycles. The lowest BCUT2D eigenvalue weighted by Crippen LogP contribution is -2.31. The maximum absolute atomic E-state index is 12.0. The molecule has 4 heterocycles. The highest BCUT2D eigenvalue weighted by molar-refractivity contribution is 5.85. The normalized spacial score (nSPS) is 11.9. The third kappa shape index (κ3) is 15.0. The number of aromatic nitrogens is 6. The quantitative estimate of drug-likeness (QED) is 0.112. The largest absolute Gasteiger partial charge is 0.329 e. The molecule has 4 N–H and O–H groups in total. The number of nitrogens with one attached hydrogen (secondary N) is 4. The molecule has 0 saturated heterocycles. The fourth-order valence-electron chi connectivity index (χ4n) is 8.40. The van der Waals surface area contributed by atoms with Crippen LogP contribution in [0.5, 0.6) is 0 Å². The van der Waals surface area contributed by atoms with Gasteiger partial charge in [-0.15, -0.1) is 0 Å². The first-order chi connectivity index (χ1) is 32.2. The number of fused-ring (bicyclic) bond motifs is 4. The molecule has 3 radical (unpaired) electrons. The molecular formula is C60H86BN6O4. The highest BCUT2D eigenvalue weighted by atomic mass is 16.2. The Hall–Kier alpha value is -6.10.